The standard InChI is InChI=1S/C16H26N2O3S/c1-6-18(13(3)12-22(20,21)7-2)16(19)14-8-10-15(11-9-14)17(4)5/h8-11,13H,6-7,12H2,1-5H3/t13-/m1/s1. The number of nitrogens with zero attached hydrogens (tertiary/aromatic N) is 2. The summed E-state index contributed by atoms with van der Waals surface area (Å²) in [4.78, 5) is 16.2. The first-order chi connectivity index (χ1) is 10.2. The average molecular weight is 326 g/mol. The largest absolute Gasteiger partial charge is 0.378 e. The highest BCUT2D eigenvalue weighted by atomic mass is 32.2. The van der Waals surface area contributed by atoms with E-state index in [0.29, 0.717) is 12.1 Å². The first-order valence-electron chi connectivity index (χ1n) is 7.50. The van der Waals surface area contributed by atoms with Gasteiger partial charge in [0.25, 0.3) is 5.91 Å². The number of hydrogen-bond donors (Lipinski definition) is 0. The van der Waals surface area contributed by atoms with E-state index in [4.69, 9.17) is 0 Å². The monoisotopic (exact) mass is 326 g/mol. The van der Waals surface area contributed by atoms with Crippen molar-refractivity contribution in [3.8, 4) is 0 Å². The number of benzene rings is 1. The van der Waals surface area contributed by atoms with Gasteiger partial charge in [-0.05, 0) is 38.1 Å². The minimum absolute atomic E-state index is 0.00113. The molecule has 0 aliphatic heterocycles. The van der Waals surface area contributed by atoms with E-state index in [2.05, 4.69) is 0 Å². The molecule has 0 N–H and O–H groups in total. The molecular formula is C16H26N2O3S. The average Bonchev–Trinajstić information content (AvgIpc) is 2.47. The lowest BCUT2D eigenvalue weighted by atomic mass is 10.1. The zero-order chi connectivity index (χ0) is 16.9. The van der Waals surface area contributed by atoms with E-state index < -0.39 is 9.84 Å². The van der Waals surface area contributed by atoms with Gasteiger partial charge in [0.15, 0.2) is 9.84 Å². The van der Waals surface area contributed by atoms with Crippen LogP contribution in [-0.2, 0) is 9.84 Å². The van der Waals surface area contributed by atoms with Crippen molar-refractivity contribution < 1.29 is 13.2 Å². The van der Waals surface area contributed by atoms with E-state index in [9.17, 15) is 13.2 Å². The molecule has 0 radical (unpaired) electrons. The first kappa shape index (κ1) is 18.5. The molecule has 0 spiro atoms. The molecule has 0 aliphatic rings. The highest BCUT2D eigenvalue weighted by Gasteiger charge is 2.24. The summed E-state index contributed by atoms with van der Waals surface area (Å²) in [5.74, 6) is -0.0361. The van der Waals surface area contributed by atoms with Crippen molar-refractivity contribution in [2.24, 2.45) is 0 Å². The van der Waals surface area contributed by atoms with Gasteiger partial charge in [-0.3, -0.25) is 4.79 Å². The van der Waals surface area contributed by atoms with Crippen LogP contribution in [0, 0.1) is 0 Å². The van der Waals surface area contributed by atoms with Crippen molar-refractivity contribution in [3.05, 3.63) is 29.8 Å². The minimum atomic E-state index is -3.11. The van der Waals surface area contributed by atoms with E-state index in [1.807, 2.05) is 38.1 Å². The predicted molar refractivity (Wildman–Crippen MR) is 91.3 cm³/mol. The molecule has 1 rings (SSSR count). The smallest absolute Gasteiger partial charge is 0.254 e. The third-order valence-electron chi connectivity index (χ3n) is 3.70. The van der Waals surface area contributed by atoms with Gasteiger partial charge in [0.1, 0.15) is 0 Å². The van der Waals surface area contributed by atoms with E-state index >= 15 is 0 Å². The van der Waals surface area contributed by atoms with Crippen LogP contribution in [0.1, 0.15) is 31.1 Å². The third kappa shape index (κ3) is 4.73. The van der Waals surface area contributed by atoms with Gasteiger partial charge in [-0.1, -0.05) is 6.92 Å². The molecule has 1 amide bonds. The zero-order valence-electron chi connectivity index (χ0n) is 14.0. The summed E-state index contributed by atoms with van der Waals surface area (Å²) >= 11 is 0. The fraction of sp³-hybridized carbons (Fsp3) is 0.562. The van der Waals surface area contributed by atoms with Gasteiger partial charge >= 0.3 is 0 Å². The second-order valence-corrected chi connectivity index (χ2v) is 7.98. The number of rotatable bonds is 7. The van der Waals surface area contributed by atoms with E-state index in [1.165, 1.54) is 0 Å². The molecule has 0 unspecified atom stereocenters. The second-order valence-electron chi connectivity index (χ2n) is 5.58. The molecule has 0 saturated carbocycles. The number of anilines is 1. The minimum Gasteiger partial charge on any atom is -0.378 e. The van der Waals surface area contributed by atoms with Crippen molar-refractivity contribution in [2.45, 2.75) is 26.8 Å². The van der Waals surface area contributed by atoms with Gasteiger partial charge < -0.3 is 9.80 Å². The van der Waals surface area contributed by atoms with Gasteiger partial charge in [0.2, 0.25) is 0 Å². The molecule has 5 nitrogen and oxygen atoms in total. The molecule has 0 bridgehead atoms. The molecular weight excluding hydrogens is 300 g/mol. The summed E-state index contributed by atoms with van der Waals surface area (Å²) in [6.45, 7) is 5.75. The fourth-order valence-corrected chi connectivity index (χ4v) is 3.45. The third-order valence-corrected chi connectivity index (χ3v) is 5.57. The van der Waals surface area contributed by atoms with Gasteiger partial charge in [-0.2, -0.15) is 0 Å². The van der Waals surface area contributed by atoms with E-state index in [1.54, 1.807) is 30.9 Å². The summed E-state index contributed by atoms with van der Waals surface area (Å²) < 4.78 is 23.5. The zero-order valence-corrected chi connectivity index (χ0v) is 14.9. The Hall–Kier alpha value is -1.56. The van der Waals surface area contributed by atoms with Crippen LogP contribution in [0.5, 0.6) is 0 Å². The summed E-state index contributed by atoms with van der Waals surface area (Å²) in [5.41, 5.74) is 1.59. The summed E-state index contributed by atoms with van der Waals surface area (Å²) in [5, 5.41) is 0. The predicted octanol–water partition coefficient (Wildman–Crippen LogP) is 2.04. The van der Waals surface area contributed by atoms with Crippen LogP contribution in [0.15, 0.2) is 24.3 Å². The Balaban J connectivity index is 2.92. The van der Waals surface area contributed by atoms with Crippen LogP contribution in [0.3, 0.4) is 0 Å². The highest BCUT2D eigenvalue weighted by molar-refractivity contribution is 7.91. The number of carbonyl (C=O) groups is 1. The van der Waals surface area contributed by atoms with Gasteiger partial charge in [-0.25, -0.2) is 8.42 Å². The van der Waals surface area contributed by atoms with E-state index in [0.717, 1.165) is 5.69 Å². The van der Waals surface area contributed by atoms with Gasteiger partial charge in [0.05, 0.1) is 5.75 Å². The number of sulfone groups is 1. The molecule has 0 fully saturated rings. The lowest BCUT2D eigenvalue weighted by Crippen LogP contribution is -2.42. The Morgan fingerprint density at radius 1 is 1.14 bits per heavy atom. The summed E-state index contributed by atoms with van der Waals surface area (Å²) in [6, 6.07) is 6.99. The number of amides is 1. The maximum atomic E-state index is 12.6. The summed E-state index contributed by atoms with van der Waals surface area (Å²) in [7, 11) is 0.767. The molecule has 0 aliphatic carbocycles. The van der Waals surface area contributed by atoms with Crippen LogP contribution >= 0.6 is 0 Å². The van der Waals surface area contributed by atoms with Crippen molar-refractivity contribution in [1.82, 2.24) is 4.90 Å². The topological polar surface area (TPSA) is 57.7 Å². The van der Waals surface area contributed by atoms with E-state index in [-0.39, 0.29) is 23.5 Å². The van der Waals surface area contributed by atoms with Crippen LogP contribution < -0.4 is 4.90 Å². The maximum absolute atomic E-state index is 12.6. The number of hydrogen-bond acceptors (Lipinski definition) is 4. The molecule has 124 valence electrons. The Morgan fingerprint density at radius 2 is 1.68 bits per heavy atom. The lowest BCUT2D eigenvalue weighted by molar-refractivity contribution is 0.0719. The highest BCUT2D eigenvalue weighted by Crippen LogP contribution is 2.15. The van der Waals surface area contributed by atoms with Crippen molar-refractivity contribution in [2.75, 3.05) is 37.0 Å². The van der Waals surface area contributed by atoms with Crippen LogP contribution in [0.25, 0.3) is 0 Å². The Morgan fingerprint density at radius 3 is 2.09 bits per heavy atom. The molecule has 1 aromatic rings. The molecule has 1 aromatic carbocycles. The van der Waals surface area contributed by atoms with Crippen molar-refractivity contribution in [1.29, 1.82) is 0 Å². The van der Waals surface area contributed by atoms with Crippen LogP contribution in [0.2, 0.25) is 0 Å². The van der Waals surface area contributed by atoms with Crippen LogP contribution in [-0.4, -0.2) is 57.4 Å². The SMILES string of the molecule is CCN(C(=O)c1ccc(N(C)C)cc1)[C@H](C)CS(=O)(=O)CC. The normalized spacial score (nSPS) is 12.8. The quantitative estimate of drug-likeness (QED) is 0.769. The molecule has 1 atom stereocenters. The molecule has 6 heteroatoms. The maximum Gasteiger partial charge on any atom is 0.254 e. The van der Waals surface area contributed by atoms with Gasteiger partial charge in [-0.15, -0.1) is 0 Å². The van der Waals surface area contributed by atoms with Gasteiger partial charge in [0, 0.05) is 43.7 Å². The molecule has 0 saturated heterocycles. The fourth-order valence-electron chi connectivity index (χ4n) is 2.30. The van der Waals surface area contributed by atoms with Crippen molar-refractivity contribution >= 4 is 21.4 Å². The Kier molecular flexibility index (Phi) is 6.41. The number of carbonyl (C=O) groups excluding carboxylic acids is 1. The van der Waals surface area contributed by atoms with Crippen molar-refractivity contribution in [3.63, 3.8) is 0 Å². The molecule has 22 heavy (non-hydrogen) atoms. The Bertz CT molecular complexity index is 594. The second kappa shape index (κ2) is 7.63. The Labute approximate surface area is 133 Å². The first-order valence-corrected chi connectivity index (χ1v) is 9.32. The van der Waals surface area contributed by atoms with Crippen LogP contribution in [0.4, 0.5) is 5.69 Å². The lowest BCUT2D eigenvalue weighted by Gasteiger charge is -2.28. The summed E-state index contributed by atoms with van der Waals surface area (Å²) in [6.07, 6.45) is 0. The molecule has 0 aromatic heterocycles. The molecule has 0 heterocycles.